The molecule has 0 unspecified atom stereocenters. The van der Waals surface area contributed by atoms with Crippen LogP contribution in [0.3, 0.4) is 0 Å². The Balaban J connectivity index is 1.76. The Kier molecular flexibility index (Phi) is 3.91. The van der Waals surface area contributed by atoms with Crippen LogP contribution in [-0.4, -0.2) is 4.98 Å². The zero-order valence-corrected chi connectivity index (χ0v) is 16.1. The highest BCUT2D eigenvalue weighted by Gasteiger charge is 2.13. The molecule has 0 fully saturated rings. The molecule has 0 saturated carbocycles. The van der Waals surface area contributed by atoms with Gasteiger partial charge in [-0.15, -0.1) is 0 Å². The van der Waals surface area contributed by atoms with Crippen molar-refractivity contribution in [1.82, 2.24) is 4.98 Å². The summed E-state index contributed by atoms with van der Waals surface area (Å²) in [7, 11) is 2.04. The highest BCUT2D eigenvalue weighted by Crippen LogP contribution is 2.35. The molecule has 0 amide bonds. The monoisotopic (exact) mass is 361 g/mol. The molecule has 0 aliphatic heterocycles. The lowest BCUT2D eigenvalue weighted by Gasteiger charge is -2.12. The maximum atomic E-state index is 4.21. The van der Waals surface area contributed by atoms with Crippen molar-refractivity contribution in [2.45, 2.75) is 6.92 Å². The quantitative estimate of drug-likeness (QED) is 0.284. The van der Waals surface area contributed by atoms with Crippen molar-refractivity contribution >= 4 is 21.5 Å². The Hall–Kier alpha value is -3.52. The molecular weight excluding hydrogens is 340 g/mol. The molecule has 5 rings (SSSR count). The van der Waals surface area contributed by atoms with Gasteiger partial charge in [0.1, 0.15) is 11.9 Å². The van der Waals surface area contributed by atoms with Crippen molar-refractivity contribution in [1.29, 1.82) is 0 Å². The summed E-state index contributed by atoms with van der Waals surface area (Å²) in [4.78, 5) is 4.21. The van der Waals surface area contributed by atoms with Crippen LogP contribution in [-0.2, 0) is 7.05 Å². The first-order valence-corrected chi connectivity index (χ1v) is 9.54. The molecule has 1 heterocycles. The molecule has 0 spiro atoms. The van der Waals surface area contributed by atoms with Crippen LogP contribution in [0.25, 0.3) is 43.9 Å². The van der Waals surface area contributed by atoms with Crippen LogP contribution in [0.5, 0.6) is 0 Å². The molecule has 1 aromatic heterocycles. The molecule has 0 atom stereocenters. The predicted molar refractivity (Wildman–Crippen MR) is 116 cm³/mol. The standard InChI is InChI=1S/C26H21N2/c1-18-10-11-20(16-25(18)26-14-15-27-17-28(26)2)22-8-5-9-23-21-7-4-3-6-19(21)12-13-24(22)23/h3-17H,1-2H3/q+1. The van der Waals surface area contributed by atoms with E-state index in [1.165, 1.54) is 49.5 Å². The van der Waals surface area contributed by atoms with Crippen LogP contribution >= 0.6 is 0 Å². The van der Waals surface area contributed by atoms with E-state index < -0.39 is 0 Å². The van der Waals surface area contributed by atoms with Crippen LogP contribution in [0.1, 0.15) is 5.56 Å². The van der Waals surface area contributed by atoms with Crippen LogP contribution in [0.2, 0.25) is 0 Å². The number of aryl methyl sites for hydroxylation is 2. The number of aromatic nitrogens is 2. The molecule has 0 aliphatic rings. The fourth-order valence-corrected chi connectivity index (χ4v) is 4.07. The number of hydrogen-bond acceptors (Lipinski definition) is 1. The molecular formula is C26H21N2+. The Labute approximate surface area is 164 Å². The summed E-state index contributed by atoms with van der Waals surface area (Å²) in [6.07, 6.45) is 3.71. The van der Waals surface area contributed by atoms with E-state index >= 15 is 0 Å². The minimum absolute atomic E-state index is 1.17. The Morgan fingerprint density at radius 3 is 2.46 bits per heavy atom. The van der Waals surface area contributed by atoms with E-state index in [0.29, 0.717) is 0 Å². The van der Waals surface area contributed by atoms with Gasteiger partial charge in [-0.3, -0.25) is 0 Å². The highest BCUT2D eigenvalue weighted by molar-refractivity contribution is 6.12. The van der Waals surface area contributed by atoms with Crippen molar-refractivity contribution in [3.8, 4) is 22.4 Å². The second-order valence-corrected chi connectivity index (χ2v) is 7.29. The van der Waals surface area contributed by atoms with Crippen LogP contribution in [0.15, 0.2) is 91.4 Å². The van der Waals surface area contributed by atoms with E-state index in [-0.39, 0.29) is 0 Å². The first-order valence-electron chi connectivity index (χ1n) is 9.54. The minimum atomic E-state index is 1.17. The summed E-state index contributed by atoms with van der Waals surface area (Å²) in [5, 5.41) is 5.16. The average molecular weight is 361 g/mol. The maximum absolute atomic E-state index is 4.21. The van der Waals surface area contributed by atoms with E-state index in [2.05, 4.69) is 95.3 Å². The lowest BCUT2D eigenvalue weighted by Crippen LogP contribution is -2.31. The Bertz CT molecular complexity index is 1340. The average Bonchev–Trinajstić information content (AvgIpc) is 2.74. The van der Waals surface area contributed by atoms with Crippen molar-refractivity contribution in [2.24, 2.45) is 7.05 Å². The zero-order chi connectivity index (χ0) is 19.1. The second kappa shape index (κ2) is 6.58. The van der Waals surface area contributed by atoms with Gasteiger partial charge < -0.3 is 0 Å². The van der Waals surface area contributed by atoms with Gasteiger partial charge in [-0.2, -0.15) is 0 Å². The molecule has 5 aromatic rings. The third-order valence-electron chi connectivity index (χ3n) is 5.55. The summed E-state index contributed by atoms with van der Waals surface area (Å²) in [6.45, 7) is 2.16. The largest absolute Gasteiger partial charge is 0.286 e. The first-order chi connectivity index (χ1) is 13.7. The van der Waals surface area contributed by atoms with Gasteiger partial charge in [-0.1, -0.05) is 71.7 Å². The highest BCUT2D eigenvalue weighted by atomic mass is 15.0. The summed E-state index contributed by atoms with van der Waals surface area (Å²) in [6, 6.07) is 28.5. The van der Waals surface area contributed by atoms with Crippen molar-refractivity contribution in [3.63, 3.8) is 0 Å². The third-order valence-corrected chi connectivity index (χ3v) is 5.55. The maximum Gasteiger partial charge on any atom is 0.286 e. The molecule has 0 radical (unpaired) electrons. The van der Waals surface area contributed by atoms with Gasteiger partial charge in [0.15, 0.2) is 0 Å². The fourth-order valence-electron chi connectivity index (χ4n) is 4.07. The molecule has 0 aliphatic carbocycles. The molecule has 0 bridgehead atoms. The summed E-state index contributed by atoms with van der Waals surface area (Å²) >= 11 is 0. The van der Waals surface area contributed by atoms with Crippen LogP contribution in [0.4, 0.5) is 0 Å². The lowest BCUT2D eigenvalue weighted by molar-refractivity contribution is -0.663. The van der Waals surface area contributed by atoms with Crippen LogP contribution in [0, 0.1) is 6.92 Å². The van der Waals surface area contributed by atoms with Gasteiger partial charge in [0, 0.05) is 11.6 Å². The topological polar surface area (TPSA) is 16.8 Å². The Morgan fingerprint density at radius 1 is 0.714 bits per heavy atom. The second-order valence-electron chi connectivity index (χ2n) is 7.29. The molecule has 134 valence electrons. The van der Waals surface area contributed by atoms with Gasteiger partial charge in [-0.25, -0.2) is 4.57 Å². The smallest absolute Gasteiger partial charge is 0.233 e. The SMILES string of the molecule is Cc1ccc(-c2cccc3c2ccc2ccccc23)cc1-c1ccnc[n+]1C. The Morgan fingerprint density at radius 2 is 1.57 bits per heavy atom. The fraction of sp³-hybridized carbons (Fsp3) is 0.0769. The number of rotatable bonds is 2. The van der Waals surface area contributed by atoms with Gasteiger partial charge in [-0.05, 0) is 51.2 Å². The van der Waals surface area contributed by atoms with Gasteiger partial charge in [0.2, 0.25) is 0 Å². The van der Waals surface area contributed by atoms with E-state index in [0.717, 1.165) is 0 Å². The van der Waals surface area contributed by atoms with Crippen molar-refractivity contribution in [3.05, 3.63) is 97.0 Å². The lowest BCUT2D eigenvalue weighted by atomic mass is 9.92. The molecule has 2 nitrogen and oxygen atoms in total. The van der Waals surface area contributed by atoms with Crippen molar-refractivity contribution in [2.75, 3.05) is 0 Å². The minimum Gasteiger partial charge on any atom is -0.233 e. The zero-order valence-electron chi connectivity index (χ0n) is 16.1. The predicted octanol–water partition coefficient (Wildman–Crippen LogP) is 5.85. The number of nitrogens with zero attached hydrogens (tertiary/aromatic N) is 2. The first kappa shape index (κ1) is 16.6. The number of hydrogen-bond donors (Lipinski definition) is 0. The number of benzene rings is 4. The number of fused-ring (bicyclic) bond motifs is 3. The molecule has 0 N–H and O–H groups in total. The van der Waals surface area contributed by atoms with Gasteiger partial charge >= 0.3 is 0 Å². The molecule has 2 heteroatoms. The van der Waals surface area contributed by atoms with E-state index in [9.17, 15) is 0 Å². The van der Waals surface area contributed by atoms with E-state index in [4.69, 9.17) is 0 Å². The third kappa shape index (κ3) is 2.66. The van der Waals surface area contributed by atoms with E-state index in [1.807, 2.05) is 19.6 Å². The summed E-state index contributed by atoms with van der Waals surface area (Å²) in [5.74, 6) is 0. The molecule has 4 aromatic carbocycles. The molecule has 28 heavy (non-hydrogen) atoms. The van der Waals surface area contributed by atoms with Crippen molar-refractivity contribution < 1.29 is 4.57 Å². The summed E-state index contributed by atoms with van der Waals surface area (Å²) in [5.41, 5.74) is 6.16. The molecule has 0 saturated heterocycles. The van der Waals surface area contributed by atoms with Gasteiger partial charge in [0.05, 0.1) is 7.05 Å². The van der Waals surface area contributed by atoms with E-state index in [1.54, 1.807) is 0 Å². The normalized spacial score (nSPS) is 11.2. The van der Waals surface area contributed by atoms with Crippen LogP contribution < -0.4 is 4.57 Å². The van der Waals surface area contributed by atoms with Gasteiger partial charge in [0.25, 0.3) is 6.33 Å². The summed E-state index contributed by atoms with van der Waals surface area (Å²) < 4.78 is 2.07.